The lowest BCUT2D eigenvalue weighted by Gasteiger charge is -2.51. The maximum Gasteiger partial charge on any atom is 0.309 e. The number of nitrogen functional groups attached to an aromatic ring is 2. The molecule has 0 radical (unpaired) electrons. The van der Waals surface area contributed by atoms with Crippen molar-refractivity contribution in [2.45, 2.75) is 103 Å². The van der Waals surface area contributed by atoms with E-state index in [9.17, 15) is 66.9 Å². The maximum absolute atomic E-state index is 14.4. The molecule has 468 valence electrons. The number of aliphatic carboxylic acids is 2. The lowest BCUT2D eigenvalue weighted by atomic mass is 9.53. The van der Waals surface area contributed by atoms with Gasteiger partial charge in [0.25, 0.3) is 56.9 Å². The van der Waals surface area contributed by atoms with Crippen LogP contribution in [0.3, 0.4) is 0 Å². The van der Waals surface area contributed by atoms with E-state index in [1.807, 2.05) is 0 Å². The molecule has 8 aromatic rings. The Bertz CT molecular complexity index is 4550. The van der Waals surface area contributed by atoms with E-state index in [1.165, 1.54) is 57.3 Å². The number of halogens is 2. The molecular formula is C58H58F2N16O12S2. The number of anilines is 4. The van der Waals surface area contributed by atoms with Crippen LogP contribution in [0.15, 0.2) is 67.7 Å². The Labute approximate surface area is 516 Å². The SMILES string of the molecule is Nc1c(NCc2cc(CNC(=O)c3cc(C(=O)NCC45CCC(C(=O)O)(CC4)CC5)n4c(=S)[nH]nc4n3)ccc2F)c(=O)c1=O.Nc1c(NCc2cc(CNC(=O)c3cc(C(=O)NCC45CCC(C(=O)O)(CC4)CC5)nc4n[nH]c(=S)n34)ccc2F)c(=O)c1=O. The molecule has 28 nitrogen and oxygen atoms in total. The van der Waals surface area contributed by atoms with Crippen LogP contribution in [0.4, 0.5) is 31.5 Å². The molecule has 14 rings (SSSR count). The third-order valence-corrected chi connectivity index (χ3v) is 19.1. The molecule has 0 aliphatic heterocycles. The second kappa shape index (κ2) is 23.8. The number of nitrogens with two attached hydrogens (primary N) is 2. The number of nitrogens with one attached hydrogen (secondary N) is 8. The normalized spacial score (nSPS) is 20.7. The lowest BCUT2D eigenvalue weighted by Crippen LogP contribution is -2.50. The summed E-state index contributed by atoms with van der Waals surface area (Å²) in [7, 11) is 0. The first-order valence-corrected chi connectivity index (χ1v) is 29.4. The second-order valence-corrected chi connectivity index (χ2v) is 24.5. The molecule has 4 bridgehead atoms. The van der Waals surface area contributed by atoms with E-state index in [1.54, 1.807) is 0 Å². The molecule has 0 unspecified atom stereocenters. The smallest absolute Gasteiger partial charge is 0.309 e. The first-order valence-electron chi connectivity index (χ1n) is 28.6. The first kappa shape index (κ1) is 61.7. The molecule has 6 aliphatic rings. The van der Waals surface area contributed by atoms with Gasteiger partial charge in [-0.05, 0) is 160 Å². The fraction of sp³-hybridized carbons (Fsp3) is 0.379. The number of H-pyrrole nitrogens is 2. The van der Waals surface area contributed by atoms with Gasteiger partial charge in [-0.2, -0.15) is 0 Å². The second-order valence-electron chi connectivity index (χ2n) is 23.7. The van der Waals surface area contributed by atoms with Gasteiger partial charge in [0.2, 0.25) is 9.54 Å². The largest absolute Gasteiger partial charge is 0.481 e. The van der Waals surface area contributed by atoms with Crippen LogP contribution in [-0.2, 0) is 35.8 Å². The first-order chi connectivity index (χ1) is 42.8. The van der Waals surface area contributed by atoms with Crippen molar-refractivity contribution >= 4 is 94.3 Å². The number of hydrogen-bond donors (Lipinski definition) is 12. The van der Waals surface area contributed by atoms with Crippen molar-refractivity contribution in [1.29, 1.82) is 0 Å². The number of amides is 4. The summed E-state index contributed by atoms with van der Waals surface area (Å²) in [5.74, 6) is -4.79. The third kappa shape index (κ3) is 11.6. The molecule has 14 N–H and O–H groups in total. The van der Waals surface area contributed by atoms with Crippen LogP contribution in [0.5, 0.6) is 0 Å². The number of aromatic amines is 2. The van der Waals surface area contributed by atoms with Gasteiger partial charge in [-0.3, -0.25) is 47.9 Å². The Morgan fingerprint density at radius 1 is 0.511 bits per heavy atom. The molecule has 6 fully saturated rings. The number of aromatic nitrogens is 8. The highest BCUT2D eigenvalue weighted by Crippen LogP contribution is 2.58. The van der Waals surface area contributed by atoms with Gasteiger partial charge in [-0.15, -0.1) is 10.2 Å². The Morgan fingerprint density at radius 3 is 1.24 bits per heavy atom. The fourth-order valence-corrected chi connectivity index (χ4v) is 13.1. The van der Waals surface area contributed by atoms with Gasteiger partial charge < -0.3 is 53.6 Å². The molecule has 4 aromatic heterocycles. The molecule has 4 heterocycles. The molecule has 90 heavy (non-hydrogen) atoms. The van der Waals surface area contributed by atoms with Crippen LogP contribution in [0.25, 0.3) is 11.6 Å². The van der Waals surface area contributed by atoms with Gasteiger partial charge in [0.05, 0.1) is 10.8 Å². The maximum atomic E-state index is 14.4. The van der Waals surface area contributed by atoms with Crippen molar-refractivity contribution in [3.63, 3.8) is 0 Å². The minimum atomic E-state index is -0.788. The summed E-state index contributed by atoms with van der Waals surface area (Å²) in [6.45, 7) is 0.452. The summed E-state index contributed by atoms with van der Waals surface area (Å²) in [4.78, 5) is 131. The van der Waals surface area contributed by atoms with E-state index in [0.717, 1.165) is 0 Å². The molecule has 4 aromatic carbocycles. The summed E-state index contributed by atoms with van der Waals surface area (Å²) in [5.41, 5.74) is 7.07. The number of hydrogen-bond acceptors (Lipinski definition) is 20. The number of nitrogens with zero attached hydrogens (tertiary/aromatic N) is 6. The van der Waals surface area contributed by atoms with Crippen LogP contribution in [0.1, 0.15) is 141 Å². The van der Waals surface area contributed by atoms with Crippen LogP contribution in [-0.4, -0.2) is 98.0 Å². The summed E-state index contributed by atoms with van der Waals surface area (Å²) >= 11 is 10.6. The van der Waals surface area contributed by atoms with Crippen LogP contribution >= 0.6 is 24.4 Å². The van der Waals surface area contributed by atoms with Crippen molar-refractivity contribution in [1.82, 2.24) is 60.4 Å². The lowest BCUT2D eigenvalue weighted by molar-refractivity contribution is -0.159. The minimum absolute atomic E-state index is 0.00298. The summed E-state index contributed by atoms with van der Waals surface area (Å²) in [6.07, 6.45) is 7.71. The Morgan fingerprint density at radius 2 is 0.867 bits per heavy atom. The number of carbonyl (C=O) groups excluding carboxylic acids is 4. The van der Waals surface area contributed by atoms with Crippen molar-refractivity contribution in [3.8, 4) is 0 Å². The van der Waals surface area contributed by atoms with E-state index >= 15 is 0 Å². The highest BCUT2D eigenvalue weighted by atomic mass is 32.1. The van der Waals surface area contributed by atoms with Crippen LogP contribution < -0.4 is 65.1 Å². The predicted molar refractivity (Wildman–Crippen MR) is 323 cm³/mol. The Hall–Kier alpha value is -9.98. The average molecular weight is 1270 g/mol. The van der Waals surface area contributed by atoms with Crippen LogP contribution in [0, 0.1) is 42.8 Å². The van der Waals surface area contributed by atoms with Gasteiger partial charge >= 0.3 is 11.9 Å². The van der Waals surface area contributed by atoms with Crippen molar-refractivity contribution in [2.75, 3.05) is 35.2 Å². The van der Waals surface area contributed by atoms with Crippen molar-refractivity contribution < 1.29 is 47.8 Å². The van der Waals surface area contributed by atoms with E-state index in [2.05, 4.69) is 62.3 Å². The van der Waals surface area contributed by atoms with Crippen molar-refractivity contribution in [2.24, 2.45) is 21.7 Å². The molecule has 32 heteroatoms. The zero-order valence-electron chi connectivity index (χ0n) is 47.7. The highest BCUT2D eigenvalue weighted by Gasteiger charge is 2.54. The predicted octanol–water partition coefficient (Wildman–Crippen LogP) is 3.60. The van der Waals surface area contributed by atoms with Gasteiger partial charge in [-0.1, -0.05) is 12.1 Å². The average Bonchev–Trinajstić information content (AvgIpc) is 0.969. The molecule has 0 atom stereocenters. The fourth-order valence-electron chi connectivity index (χ4n) is 12.6. The standard InChI is InChI=1S/2C29H29FN8O6S/c30-16-2-1-14(9-15(16)12-32-20-19(31)21(39)22(20)40)11-33-24(42)18-10-17(35-26-36-37-27(45)38(18)26)23(41)34-13-28-3-6-29(7-4-28,8-5-28)25(43)44;30-16-2-1-14(9-15(16)12-32-20-19(31)21(39)22(20)40)11-33-23(41)17-10-18(38-26(35-17)36-37-27(38)45)24(42)34-13-28-3-6-29(7-4-28,8-5-28)25(43)44/h1-2,9-10,32H,3-8,11-13,31H2,(H,33,42)(H,34,41)(H,37,45)(H,43,44);1-2,9-10,32H,3-8,11-13,31H2,(H,33,41)(H,34,42)(H,37,45)(H,43,44). The highest BCUT2D eigenvalue weighted by molar-refractivity contribution is 7.71. The van der Waals surface area contributed by atoms with Gasteiger partial charge in [0.15, 0.2) is 0 Å². The van der Waals surface area contributed by atoms with E-state index in [-0.39, 0.29) is 115 Å². The Kier molecular flexibility index (Phi) is 16.3. The zero-order chi connectivity index (χ0) is 64.2. The summed E-state index contributed by atoms with van der Waals surface area (Å²) in [6, 6.07) is 11.0. The van der Waals surface area contributed by atoms with Gasteiger partial charge in [-0.25, -0.2) is 37.7 Å². The molecule has 0 spiro atoms. The zero-order valence-corrected chi connectivity index (χ0v) is 49.4. The molecule has 4 amide bonds. The molecule has 0 saturated heterocycles. The van der Waals surface area contributed by atoms with Crippen molar-refractivity contribution in [3.05, 3.63) is 156 Å². The van der Waals surface area contributed by atoms with E-state index in [0.29, 0.717) is 101 Å². The van der Waals surface area contributed by atoms with E-state index in [4.69, 9.17) is 35.9 Å². The summed E-state index contributed by atoms with van der Waals surface area (Å²) < 4.78 is 31.7. The number of fused-ring (bicyclic) bond motifs is 8. The van der Waals surface area contributed by atoms with Crippen LogP contribution in [0.2, 0.25) is 0 Å². The quantitative estimate of drug-likeness (QED) is 0.0383. The number of carbonyl (C=O) groups is 6. The molecule has 6 saturated carbocycles. The Balaban J connectivity index is 0.000000185. The summed E-state index contributed by atoms with van der Waals surface area (Å²) in [5, 5.41) is 49.2. The molecule has 6 aliphatic carbocycles. The van der Waals surface area contributed by atoms with Gasteiger partial charge in [0.1, 0.15) is 57.2 Å². The minimum Gasteiger partial charge on any atom is -0.481 e. The topological polar surface area (TPSA) is 427 Å². The number of carboxylic acids is 2. The monoisotopic (exact) mass is 1270 g/mol. The molecular weight excluding hydrogens is 1210 g/mol. The van der Waals surface area contributed by atoms with E-state index < -0.39 is 79.7 Å². The third-order valence-electron chi connectivity index (χ3n) is 18.6. The number of benzene rings is 2. The number of carboxylic acid groups (broad SMARTS) is 2. The van der Waals surface area contributed by atoms with Gasteiger partial charge in [0, 0.05) is 50.4 Å². The number of rotatable bonds is 20.